The fraction of sp³-hybridized carbons (Fsp3) is 0.710. The van der Waals surface area contributed by atoms with Gasteiger partial charge in [-0.1, -0.05) is 56.5 Å². The highest BCUT2D eigenvalue weighted by Gasteiger charge is 2.46. The third-order valence-electron chi connectivity index (χ3n) is 9.43. The molecule has 2 unspecified atom stereocenters. The SMILES string of the molecule is CCCN(C)C(=O)N[C@H](C(=O)N[C@@H](Cc1ccccc1)[C@H](O)CN1CC2CCCCC2C[C@H]1C(N)=O)C(C)(C)S(C)(=O)=O. The fourth-order valence-corrected chi connectivity index (χ4v) is 7.02. The van der Waals surface area contributed by atoms with Gasteiger partial charge in [-0.25, -0.2) is 13.2 Å². The van der Waals surface area contributed by atoms with Crippen molar-refractivity contribution < 1.29 is 27.9 Å². The summed E-state index contributed by atoms with van der Waals surface area (Å²) in [5, 5.41) is 17.1. The van der Waals surface area contributed by atoms with Crippen molar-refractivity contribution in [3.63, 3.8) is 0 Å². The van der Waals surface area contributed by atoms with Gasteiger partial charge in [0.25, 0.3) is 0 Å². The summed E-state index contributed by atoms with van der Waals surface area (Å²) in [6, 6.07) is 5.99. The predicted molar refractivity (Wildman–Crippen MR) is 167 cm³/mol. The first-order chi connectivity index (χ1) is 20.2. The second-order valence-corrected chi connectivity index (χ2v) is 15.6. The largest absolute Gasteiger partial charge is 0.390 e. The van der Waals surface area contributed by atoms with Gasteiger partial charge in [0.05, 0.1) is 22.9 Å². The normalized spacial score (nSPS) is 23.3. The molecule has 1 saturated carbocycles. The zero-order valence-electron chi connectivity index (χ0n) is 26.3. The molecule has 6 atom stereocenters. The molecule has 5 N–H and O–H groups in total. The molecule has 1 aromatic carbocycles. The van der Waals surface area contributed by atoms with E-state index in [1.807, 2.05) is 42.2 Å². The average molecular weight is 622 g/mol. The number of rotatable bonds is 13. The van der Waals surface area contributed by atoms with E-state index in [0.717, 1.165) is 37.5 Å². The van der Waals surface area contributed by atoms with Gasteiger partial charge < -0.3 is 26.4 Å². The number of amides is 4. The number of aliphatic hydroxyl groups is 1. The van der Waals surface area contributed by atoms with E-state index in [9.17, 15) is 27.9 Å². The highest BCUT2D eigenvalue weighted by molar-refractivity contribution is 7.92. The van der Waals surface area contributed by atoms with Crippen LogP contribution in [0.1, 0.15) is 64.9 Å². The van der Waals surface area contributed by atoms with E-state index in [-0.39, 0.29) is 13.0 Å². The minimum Gasteiger partial charge on any atom is -0.390 e. The van der Waals surface area contributed by atoms with Gasteiger partial charge in [0.2, 0.25) is 11.8 Å². The van der Waals surface area contributed by atoms with Crippen LogP contribution in [0, 0.1) is 11.8 Å². The monoisotopic (exact) mass is 621 g/mol. The molecular weight excluding hydrogens is 570 g/mol. The smallest absolute Gasteiger partial charge is 0.317 e. The first kappa shape index (κ1) is 34.8. The molecule has 11 nitrogen and oxygen atoms in total. The Morgan fingerprint density at radius 3 is 2.33 bits per heavy atom. The Kier molecular flexibility index (Phi) is 12.0. The summed E-state index contributed by atoms with van der Waals surface area (Å²) in [5.41, 5.74) is 6.68. The molecule has 43 heavy (non-hydrogen) atoms. The second-order valence-electron chi connectivity index (χ2n) is 13.0. The topological polar surface area (TPSA) is 162 Å². The van der Waals surface area contributed by atoms with Crippen molar-refractivity contribution in [3.8, 4) is 0 Å². The number of carbonyl (C=O) groups excluding carboxylic acids is 3. The van der Waals surface area contributed by atoms with Crippen LogP contribution in [0.4, 0.5) is 4.79 Å². The minimum atomic E-state index is -3.81. The molecule has 1 saturated heterocycles. The molecule has 0 radical (unpaired) electrons. The van der Waals surface area contributed by atoms with Gasteiger partial charge in [-0.05, 0) is 56.9 Å². The summed E-state index contributed by atoms with van der Waals surface area (Å²) >= 11 is 0. The summed E-state index contributed by atoms with van der Waals surface area (Å²) in [7, 11) is -2.23. The molecule has 2 aliphatic rings. The van der Waals surface area contributed by atoms with Gasteiger partial charge in [-0.15, -0.1) is 0 Å². The number of sulfone groups is 1. The first-order valence-corrected chi connectivity index (χ1v) is 17.3. The van der Waals surface area contributed by atoms with Gasteiger partial charge in [-0.2, -0.15) is 0 Å². The van der Waals surface area contributed by atoms with Crippen molar-refractivity contribution in [2.24, 2.45) is 17.6 Å². The Morgan fingerprint density at radius 1 is 1.12 bits per heavy atom. The van der Waals surface area contributed by atoms with Crippen LogP contribution in [0.15, 0.2) is 30.3 Å². The number of nitrogens with zero attached hydrogens (tertiary/aromatic N) is 2. The minimum absolute atomic E-state index is 0.111. The molecule has 3 rings (SSSR count). The van der Waals surface area contributed by atoms with E-state index in [1.54, 1.807) is 7.05 Å². The van der Waals surface area contributed by atoms with Crippen molar-refractivity contribution in [2.75, 3.05) is 32.9 Å². The van der Waals surface area contributed by atoms with Gasteiger partial charge in [-0.3, -0.25) is 14.5 Å². The summed E-state index contributed by atoms with van der Waals surface area (Å²) < 4.78 is 24.0. The molecule has 1 aliphatic heterocycles. The standard InChI is InChI=1S/C31H51N5O6S/c1-6-16-35(4)30(40)34-27(31(2,3)43(5,41)42)29(39)33-24(17-21-12-8-7-9-13-21)26(37)20-36-19-23-15-11-10-14-22(23)18-25(36)28(32)38/h7-9,12-13,22-27,37H,6,10-11,14-20H2,1-5H3,(H2,32,38)(H,33,39)(H,34,40)/t22?,23?,24-,25-,26+,27+/m0/s1. The molecule has 242 valence electrons. The molecule has 0 bridgehead atoms. The Balaban J connectivity index is 1.88. The van der Waals surface area contributed by atoms with Gasteiger partial charge in [0, 0.05) is 32.9 Å². The lowest BCUT2D eigenvalue weighted by atomic mass is 9.72. The van der Waals surface area contributed by atoms with Gasteiger partial charge in [0.15, 0.2) is 9.84 Å². The van der Waals surface area contributed by atoms with E-state index in [2.05, 4.69) is 10.6 Å². The molecule has 1 heterocycles. The maximum atomic E-state index is 13.9. The number of nitrogens with one attached hydrogen (secondary N) is 2. The third kappa shape index (κ3) is 8.92. The number of aliphatic hydroxyl groups excluding tert-OH is 1. The zero-order chi connectivity index (χ0) is 31.9. The lowest BCUT2D eigenvalue weighted by Gasteiger charge is -2.46. The number of fused-ring (bicyclic) bond motifs is 1. The highest BCUT2D eigenvalue weighted by Crippen LogP contribution is 2.38. The fourth-order valence-electron chi connectivity index (χ4n) is 6.42. The number of hydrogen-bond acceptors (Lipinski definition) is 7. The van der Waals surface area contributed by atoms with E-state index in [1.165, 1.54) is 18.7 Å². The molecule has 12 heteroatoms. The second kappa shape index (κ2) is 14.9. The van der Waals surface area contributed by atoms with Crippen LogP contribution in [0.3, 0.4) is 0 Å². The lowest BCUT2D eigenvalue weighted by Crippen LogP contribution is -2.64. The first-order valence-electron chi connectivity index (χ1n) is 15.4. The summed E-state index contributed by atoms with van der Waals surface area (Å²) in [4.78, 5) is 42.7. The Hall–Kier alpha value is -2.70. The van der Waals surface area contributed by atoms with Gasteiger partial charge in [0.1, 0.15) is 6.04 Å². The lowest BCUT2D eigenvalue weighted by molar-refractivity contribution is -0.129. The number of β-amino-alcohol motifs (C(OH)–C–C–N with tert-alkyl or cyclic N) is 1. The molecule has 2 fully saturated rings. The van der Waals surface area contributed by atoms with Crippen molar-refractivity contribution in [3.05, 3.63) is 35.9 Å². The molecule has 4 amide bonds. The van der Waals surface area contributed by atoms with Crippen LogP contribution < -0.4 is 16.4 Å². The molecule has 0 aromatic heterocycles. The van der Waals surface area contributed by atoms with Crippen LogP contribution >= 0.6 is 0 Å². The highest BCUT2D eigenvalue weighted by atomic mass is 32.2. The van der Waals surface area contributed by atoms with Crippen LogP contribution in [-0.2, 0) is 25.8 Å². The zero-order valence-corrected chi connectivity index (χ0v) is 27.1. The van der Waals surface area contributed by atoms with E-state index in [4.69, 9.17) is 5.73 Å². The van der Waals surface area contributed by atoms with E-state index in [0.29, 0.717) is 37.8 Å². The number of hydrogen-bond donors (Lipinski definition) is 4. The molecular formula is C31H51N5O6S. The summed E-state index contributed by atoms with van der Waals surface area (Å²) in [5.74, 6) is -0.276. The number of nitrogens with two attached hydrogens (primary N) is 1. The Labute approximate surface area is 256 Å². The number of likely N-dealkylation sites (tertiary alicyclic amines) is 1. The van der Waals surface area contributed by atoms with Crippen molar-refractivity contribution in [1.29, 1.82) is 0 Å². The van der Waals surface area contributed by atoms with Gasteiger partial charge >= 0.3 is 6.03 Å². The Morgan fingerprint density at radius 2 is 1.74 bits per heavy atom. The molecule has 1 aromatic rings. The van der Waals surface area contributed by atoms with Crippen molar-refractivity contribution in [1.82, 2.24) is 20.4 Å². The average Bonchev–Trinajstić information content (AvgIpc) is 2.94. The third-order valence-corrected chi connectivity index (χ3v) is 11.6. The molecule has 1 aliphatic carbocycles. The maximum absolute atomic E-state index is 13.9. The Bertz CT molecular complexity index is 1210. The number of primary amides is 1. The quantitative estimate of drug-likeness (QED) is 0.261. The van der Waals surface area contributed by atoms with Crippen LogP contribution in [0.5, 0.6) is 0 Å². The van der Waals surface area contributed by atoms with Crippen LogP contribution in [0.25, 0.3) is 0 Å². The van der Waals surface area contributed by atoms with E-state index >= 15 is 0 Å². The van der Waals surface area contributed by atoms with E-state index < -0.39 is 56.7 Å². The molecule has 0 spiro atoms. The number of urea groups is 1. The van der Waals surface area contributed by atoms with Crippen LogP contribution in [0.2, 0.25) is 0 Å². The number of piperidine rings is 1. The predicted octanol–water partition coefficient (Wildman–Crippen LogP) is 1.68. The summed E-state index contributed by atoms with van der Waals surface area (Å²) in [6.07, 6.45) is 5.96. The maximum Gasteiger partial charge on any atom is 0.317 e. The number of benzene rings is 1. The van der Waals surface area contributed by atoms with Crippen molar-refractivity contribution in [2.45, 2.75) is 94.7 Å². The summed E-state index contributed by atoms with van der Waals surface area (Å²) in [6.45, 7) is 5.89. The van der Waals surface area contributed by atoms with Crippen molar-refractivity contribution >= 4 is 27.7 Å². The van der Waals surface area contributed by atoms with Crippen LogP contribution in [-0.4, -0.2) is 103 Å². The number of carbonyl (C=O) groups is 3.